The van der Waals surface area contributed by atoms with Gasteiger partial charge in [-0.2, -0.15) is 0 Å². The van der Waals surface area contributed by atoms with Gasteiger partial charge in [0.15, 0.2) is 0 Å². The van der Waals surface area contributed by atoms with E-state index in [9.17, 15) is 0 Å². The Morgan fingerprint density at radius 1 is 1.32 bits per heavy atom. The van der Waals surface area contributed by atoms with Crippen LogP contribution in [0.25, 0.3) is 0 Å². The van der Waals surface area contributed by atoms with Gasteiger partial charge in [-0.1, -0.05) is 45.4 Å². The third-order valence-electron chi connectivity index (χ3n) is 3.78. The zero-order valence-corrected chi connectivity index (χ0v) is 13.1. The first-order valence-corrected chi connectivity index (χ1v) is 7.38. The number of benzene rings is 1. The van der Waals surface area contributed by atoms with E-state index in [1.165, 1.54) is 16.7 Å². The quantitative estimate of drug-likeness (QED) is 0.865. The van der Waals surface area contributed by atoms with E-state index < -0.39 is 0 Å². The topological polar surface area (TPSA) is 21.3 Å². The van der Waals surface area contributed by atoms with Crippen LogP contribution in [0.2, 0.25) is 0 Å². The molecule has 1 aliphatic rings. The number of hydrogen-bond acceptors (Lipinski definition) is 2. The molecular formula is C17H27NO. The van der Waals surface area contributed by atoms with E-state index in [4.69, 9.17) is 4.74 Å². The molecule has 0 radical (unpaired) electrons. The van der Waals surface area contributed by atoms with Gasteiger partial charge in [0.2, 0.25) is 0 Å². The molecule has 19 heavy (non-hydrogen) atoms. The van der Waals surface area contributed by atoms with Gasteiger partial charge in [0.05, 0.1) is 6.10 Å². The lowest BCUT2D eigenvalue weighted by Crippen LogP contribution is -2.33. The summed E-state index contributed by atoms with van der Waals surface area (Å²) in [5, 5.41) is 3.60. The van der Waals surface area contributed by atoms with Crippen molar-refractivity contribution in [3.8, 4) is 5.75 Å². The van der Waals surface area contributed by atoms with E-state index in [-0.39, 0.29) is 11.5 Å². The van der Waals surface area contributed by atoms with Gasteiger partial charge in [0, 0.05) is 23.6 Å². The lowest BCUT2D eigenvalue weighted by atomic mass is 9.81. The molecule has 1 aliphatic heterocycles. The molecule has 1 aromatic carbocycles. The second-order valence-corrected chi connectivity index (χ2v) is 6.76. The van der Waals surface area contributed by atoms with Crippen LogP contribution in [-0.2, 0) is 5.41 Å². The molecule has 2 nitrogen and oxygen atoms in total. The highest BCUT2D eigenvalue weighted by Crippen LogP contribution is 2.42. The van der Waals surface area contributed by atoms with Crippen molar-refractivity contribution >= 4 is 0 Å². The Balaban J connectivity index is 2.56. The average Bonchev–Trinajstić information content (AvgIpc) is 2.28. The lowest BCUT2D eigenvalue weighted by Gasteiger charge is -2.35. The summed E-state index contributed by atoms with van der Waals surface area (Å²) in [6.07, 6.45) is 1.33. The number of nitrogens with one attached hydrogen (secondary N) is 1. The summed E-state index contributed by atoms with van der Waals surface area (Å²) in [6.45, 7) is 14.3. The number of rotatable bonds is 2. The van der Waals surface area contributed by atoms with Gasteiger partial charge < -0.3 is 10.1 Å². The van der Waals surface area contributed by atoms with E-state index in [0.29, 0.717) is 6.04 Å². The van der Waals surface area contributed by atoms with Crippen molar-refractivity contribution in [2.75, 3.05) is 6.54 Å². The number of aryl methyl sites for hydroxylation is 1. The standard InChI is InChI=1S/C17H27NO/c1-7-18-15-10-12(3)19-16-13(15)8-11(2)9-14(16)17(4,5)6/h8-9,12,15,18H,7,10H2,1-6H3. The fraction of sp³-hybridized carbons (Fsp3) is 0.647. The first kappa shape index (κ1) is 14.4. The van der Waals surface area contributed by atoms with Crippen LogP contribution in [-0.4, -0.2) is 12.6 Å². The molecule has 1 heterocycles. The normalized spacial score (nSPS) is 22.8. The van der Waals surface area contributed by atoms with E-state index in [2.05, 4.69) is 59.0 Å². The summed E-state index contributed by atoms with van der Waals surface area (Å²) in [6, 6.07) is 4.98. The molecule has 0 aromatic heterocycles. The molecule has 0 saturated heterocycles. The predicted octanol–water partition coefficient (Wildman–Crippen LogP) is 4.11. The molecule has 2 heteroatoms. The fourth-order valence-electron chi connectivity index (χ4n) is 2.90. The fourth-order valence-corrected chi connectivity index (χ4v) is 2.90. The van der Waals surface area contributed by atoms with Crippen LogP contribution in [0.15, 0.2) is 12.1 Å². The maximum atomic E-state index is 6.18. The van der Waals surface area contributed by atoms with Gasteiger partial charge in [0.25, 0.3) is 0 Å². The smallest absolute Gasteiger partial charge is 0.128 e. The van der Waals surface area contributed by atoms with Crippen molar-refractivity contribution in [1.29, 1.82) is 0 Å². The molecule has 0 bridgehead atoms. The zero-order chi connectivity index (χ0) is 14.2. The summed E-state index contributed by atoms with van der Waals surface area (Å²) < 4.78 is 6.18. The van der Waals surface area contributed by atoms with Crippen molar-refractivity contribution < 1.29 is 4.74 Å². The molecule has 2 unspecified atom stereocenters. The maximum absolute atomic E-state index is 6.18. The molecular weight excluding hydrogens is 234 g/mol. The van der Waals surface area contributed by atoms with Crippen LogP contribution in [0.4, 0.5) is 0 Å². The highest BCUT2D eigenvalue weighted by atomic mass is 16.5. The second-order valence-electron chi connectivity index (χ2n) is 6.76. The van der Waals surface area contributed by atoms with Crippen molar-refractivity contribution in [2.45, 2.75) is 65.5 Å². The summed E-state index contributed by atoms with van der Waals surface area (Å²) in [7, 11) is 0. The average molecular weight is 261 g/mol. The van der Waals surface area contributed by atoms with Gasteiger partial charge in [-0.15, -0.1) is 0 Å². The molecule has 0 fully saturated rings. The van der Waals surface area contributed by atoms with Crippen LogP contribution >= 0.6 is 0 Å². The maximum Gasteiger partial charge on any atom is 0.128 e. The van der Waals surface area contributed by atoms with E-state index in [1.54, 1.807) is 0 Å². The number of ether oxygens (including phenoxy) is 1. The highest BCUT2D eigenvalue weighted by molar-refractivity contribution is 5.50. The van der Waals surface area contributed by atoms with Gasteiger partial charge >= 0.3 is 0 Å². The van der Waals surface area contributed by atoms with Crippen molar-refractivity contribution in [1.82, 2.24) is 5.32 Å². The van der Waals surface area contributed by atoms with Gasteiger partial charge in [0.1, 0.15) is 5.75 Å². The van der Waals surface area contributed by atoms with Crippen LogP contribution < -0.4 is 10.1 Å². The molecule has 0 spiro atoms. The van der Waals surface area contributed by atoms with E-state index in [1.807, 2.05) is 0 Å². The van der Waals surface area contributed by atoms with Gasteiger partial charge in [-0.05, 0) is 25.8 Å². The predicted molar refractivity (Wildman–Crippen MR) is 81.0 cm³/mol. The molecule has 2 rings (SSSR count). The van der Waals surface area contributed by atoms with Crippen LogP contribution in [0.5, 0.6) is 5.75 Å². The molecule has 2 atom stereocenters. The summed E-state index contributed by atoms with van der Waals surface area (Å²) in [4.78, 5) is 0. The molecule has 1 N–H and O–H groups in total. The Kier molecular flexibility index (Phi) is 3.91. The SMILES string of the molecule is CCNC1CC(C)Oc2c1cc(C)cc2C(C)(C)C. The Morgan fingerprint density at radius 3 is 2.58 bits per heavy atom. The monoisotopic (exact) mass is 261 g/mol. The first-order valence-electron chi connectivity index (χ1n) is 7.38. The number of fused-ring (bicyclic) bond motifs is 1. The van der Waals surface area contributed by atoms with Crippen molar-refractivity contribution in [3.63, 3.8) is 0 Å². The summed E-state index contributed by atoms with van der Waals surface area (Å²) in [5.74, 6) is 1.11. The summed E-state index contributed by atoms with van der Waals surface area (Å²) in [5.41, 5.74) is 4.11. The van der Waals surface area contributed by atoms with Gasteiger partial charge in [-0.3, -0.25) is 0 Å². The lowest BCUT2D eigenvalue weighted by molar-refractivity contribution is 0.163. The Bertz CT molecular complexity index is 459. The molecule has 0 aliphatic carbocycles. The molecule has 0 amide bonds. The second kappa shape index (κ2) is 5.16. The molecule has 0 saturated carbocycles. The van der Waals surface area contributed by atoms with Gasteiger partial charge in [-0.25, -0.2) is 0 Å². The van der Waals surface area contributed by atoms with Crippen LogP contribution in [0.3, 0.4) is 0 Å². The van der Waals surface area contributed by atoms with Crippen molar-refractivity contribution in [3.05, 3.63) is 28.8 Å². The van der Waals surface area contributed by atoms with Crippen LogP contribution in [0.1, 0.15) is 63.8 Å². The first-order chi connectivity index (χ1) is 8.82. The Morgan fingerprint density at radius 2 is 2.00 bits per heavy atom. The molecule has 106 valence electrons. The molecule has 1 aromatic rings. The zero-order valence-electron chi connectivity index (χ0n) is 13.1. The third kappa shape index (κ3) is 2.94. The van der Waals surface area contributed by atoms with Crippen LogP contribution in [0, 0.1) is 6.92 Å². The largest absolute Gasteiger partial charge is 0.490 e. The third-order valence-corrected chi connectivity index (χ3v) is 3.78. The minimum Gasteiger partial charge on any atom is -0.490 e. The van der Waals surface area contributed by atoms with E-state index >= 15 is 0 Å². The minimum absolute atomic E-state index is 0.115. The number of hydrogen-bond donors (Lipinski definition) is 1. The highest BCUT2D eigenvalue weighted by Gasteiger charge is 2.31. The van der Waals surface area contributed by atoms with Crippen molar-refractivity contribution in [2.24, 2.45) is 0 Å². The van der Waals surface area contributed by atoms with E-state index in [0.717, 1.165) is 18.7 Å². The summed E-state index contributed by atoms with van der Waals surface area (Å²) >= 11 is 0. The minimum atomic E-state index is 0.115. The Labute approximate surface area is 117 Å². The Hall–Kier alpha value is -1.02.